The first-order chi connectivity index (χ1) is 8.43. The summed E-state index contributed by atoms with van der Waals surface area (Å²) in [7, 11) is -2.40. The molecule has 18 heavy (non-hydrogen) atoms. The third-order valence-corrected chi connectivity index (χ3v) is 4.27. The summed E-state index contributed by atoms with van der Waals surface area (Å²) in [6, 6.07) is 7.70. The Balaban J connectivity index is 3.22. The molecular formula is C11H12N4O2S. The Hall–Kier alpha value is -2.09. The molecule has 0 unspecified atom stereocenters. The molecule has 94 valence electrons. The zero-order valence-corrected chi connectivity index (χ0v) is 10.6. The van der Waals surface area contributed by atoms with Gasteiger partial charge in [-0.3, -0.25) is 0 Å². The van der Waals surface area contributed by atoms with E-state index >= 15 is 0 Å². The van der Waals surface area contributed by atoms with Crippen molar-refractivity contribution in [1.82, 2.24) is 4.31 Å². The second-order valence-corrected chi connectivity index (χ2v) is 5.62. The summed E-state index contributed by atoms with van der Waals surface area (Å²) in [5, 5.41) is 17.4. The molecule has 0 aliphatic heterocycles. The molecule has 1 aromatic rings. The lowest BCUT2D eigenvalue weighted by molar-refractivity contribution is 0.476. The molecule has 0 amide bonds. The van der Waals surface area contributed by atoms with Gasteiger partial charge in [0.15, 0.2) is 0 Å². The molecule has 0 atom stereocenters. The lowest BCUT2D eigenvalue weighted by Crippen LogP contribution is -2.28. The van der Waals surface area contributed by atoms with Crippen molar-refractivity contribution in [3.8, 4) is 12.1 Å². The third kappa shape index (κ3) is 2.77. The number of benzene rings is 1. The predicted octanol–water partition coefficient (Wildman–Crippen LogP) is 0.675. The Morgan fingerprint density at radius 2 is 2.06 bits per heavy atom. The summed E-state index contributed by atoms with van der Waals surface area (Å²) >= 11 is 0. The quantitative estimate of drug-likeness (QED) is 0.803. The smallest absolute Gasteiger partial charge is 0.244 e. The zero-order chi connectivity index (χ0) is 13.8. The summed E-state index contributed by atoms with van der Waals surface area (Å²) in [6.45, 7) is 0.0775. The van der Waals surface area contributed by atoms with E-state index in [4.69, 9.17) is 16.3 Å². The van der Waals surface area contributed by atoms with Gasteiger partial charge in [0, 0.05) is 25.7 Å². The van der Waals surface area contributed by atoms with Gasteiger partial charge >= 0.3 is 0 Å². The van der Waals surface area contributed by atoms with Crippen LogP contribution in [0.25, 0.3) is 0 Å². The van der Waals surface area contributed by atoms with Crippen LogP contribution in [0.3, 0.4) is 0 Å². The van der Waals surface area contributed by atoms with Crippen molar-refractivity contribution < 1.29 is 8.42 Å². The molecule has 6 nitrogen and oxygen atoms in total. The van der Waals surface area contributed by atoms with Gasteiger partial charge in [0.2, 0.25) is 10.0 Å². The van der Waals surface area contributed by atoms with Crippen molar-refractivity contribution in [2.45, 2.75) is 11.3 Å². The predicted molar refractivity (Wildman–Crippen MR) is 65.6 cm³/mol. The molecule has 0 aromatic heterocycles. The molecule has 1 rings (SSSR count). The Labute approximate surface area is 106 Å². The van der Waals surface area contributed by atoms with Gasteiger partial charge in [-0.15, -0.1) is 0 Å². The highest BCUT2D eigenvalue weighted by atomic mass is 32.2. The van der Waals surface area contributed by atoms with E-state index in [1.165, 1.54) is 25.2 Å². The van der Waals surface area contributed by atoms with Crippen LogP contribution in [0.5, 0.6) is 0 Å². The number of nitriles is 2. The Morgan fingerprint density at radius 3 is 2.61 bits per heavy atom. The number of anilines is 1. The van der Waals surface area contributed by atoms with Crippen molar-refractivity contribution >= 4 is 15.7 Å². The van der Waals surface area contributed by atoms with Crippen LogP contribution in [0.1, 0.15) is 12.0 Å². The molecule has 0 saturated carbocycles. The molecule has 0 fully saturated rings. The van der Waals surface area contributed by atoms with Crippen LogP contribution >= 0.6 is 0 Å². The monoisotopic (exact) mass is 264 g/mol. The molecule has 0 saturated heterocycles. The minimum Gasteiger partial charge on any atom is -0.399 e. The van der Waals surface area contributed by atoms with Crippen molar-refractivity contribution in [1.29, 1.82) is 10.5 Å². The van der Waals surface area contributed by atoms with Crippen molar-refractivity contribution in [3.05, 3.63) is 23.8 Å². The van der Waals surface area contributed by atoms with Crippen LogP contribution < -0.4 is 5.73 Å². The number of nitrogens with two attached hydrogens (primary N) is 1. The summed E-state index contributed by atoms with van der Waals surface area (Å²) < 4.78 is 25.4. The zero-order valence-electron chi connectivity index (χ0n) is 9.79. The molecule has 0 spiro atoms. The molecule has 0 radical (unpaired) electrons. The number of hydrogen-bond donors (Lipinski definition) is 1. The largest absolute Gasteiger partial charge is 0.399 e. The SMILES string of the molecule is CN(CCC#N)S(=O)(=O)c1ccc(N)cc1C#N. The number of nitrogen functional groups attached to an aromatic ring is 1. The minimum absolute atomic E-state index is 0.00110. The third-order valence-electron chi connectivity index (χ3n) is 2.35. The molecule has 0 bridgehead atoms. The average Bonchev–Trinajstić information content (AvgIpc) is 2.35. The Kier molecular flexibility index (Phi) is 4.27. The first-order valence-corrected chi connectivity index (χ1v) is 6.50. The van der Waals surface area contributed by atoms with Crippen LogP contribution in [0, 0.1) is 22.7 Å². The highest BCUT2D eigenvalue weighted by molar-refractivity contribution is 7.89. The fourth-order valence-electron chi connectivity index (χ4n) is 1.36. The van der Waals surface area contributed by atoms with Crippen molar-refractivity contribution in [2.75, 3.05) is 19.3 Å². The van der Waals surface area contributed by atoms with Crippen LogP contribution in [-0.2, 0) is 10.0 Å². The van der Waals surface area contributed by atoms with Gasteiger partial charge in [0.25, 0.3) is 0 Å². The first kappa shape index (κ1) is 14.0. The topological polar surface area (TPSA) is 111 Å². The summed E-state index contributed by atoms with van der Waals surface area (Å²) in [5.41, 5.74) is 5.82. The molecular weight excluding hydrogens is 252 g/mol. The average molecular weight is 264 g/mol. The molecule has 0 aliphatic carbocycles. The Morgan fingerprint density at radius 1 is 1.39 bits per heavy atom. The number of nitrogens with zero attached hydrogens (tertiary/aromatic N) is 3. The lowest BCUT2D eigenvalue weighted by atomic mass is 10.2. The van der Waals surface area contributed by atoms with Crippen LogP contribution in [-0.4, -0.2) is 26.3 Å². The second kappa shape index (κ2) is 5.50. The first-order valence-electron chi connectivity index (χ1n) is 5.06. The van der Waals surface area contributed by atoms with Crippen LogP contribution in [0.4, 0.5) is 5.69 Å². The summed E-state index contributed by atoms with van der Waals surface area (Å²) in [5.74, 6) is 0. The van der Waals surface area contributed by atoms with Crippen molar-refractivity contribution in [2.24, 2.45) is 0 Å². The van der Waals surface area contributed by atoms with E-state index in [2.05, 4.69) is 0 Å². The fraction of sp³-hybridized carbons (Fsp3) is 0.273. The Bertz CT molecular complexity index is 625. The van der Waals surface area contributed by atoms with E-state index in [0.29, 0.717) is 5.69 Å². The van der Waals surface area contributed by atoms with E-state index in [0.717, 1.165) is 4.31 Å². The van der Waals surface area contributed by atoms with Crippen LogP contribution in [0.15, 0.2) is 23.1 Å². The van der Waals surface area contributed by atoms with Crippen LogP contribution in [0.2, 0.25) is 0 Å². The maximum atomic E-state index is 12.2. The standard InChI is InChI=1S/C11H12N4O2S/c1-15(6-2-5-12)18(16,17)11-4-3-10(14)7-9(11)8-13/h3-4,7H,2,6,14H2,1H3. The van der Waals surface area contributed by atoms with Gasteiger partial charge in [0.05, 0.1) is 11.6 Å². The molecule has 2 N–H and O–H groups in total. The maximum absolute atomic E-state index is 12.2. The fourth-order valence-corrected chi connectivity index (χ4v) is 2.65. The molecule has 0 heterocycles. The van der Waals surface area contributed by atoms with Gasteiger partial charge in [-0.25, -0.2) is 8.42 Å². The van der Waals surface area contributed by atoms with Gasteiger partial charge in [-0.2, -0.15) is 14.8 Å². The molecule has 1 aromatic carbocycles. The van der Waals surface area contributed by atoms with E-state index < -0.39 is 10.0 Å². The molecule has 7 heteroatoms. The van der Waals surface area contributed by atoms with E-state index in [9.17, 15) is 8.42 Å². The van der Waals surface area contributed by atoms with Gasteiger partial charge in [0.1, 0.15) is 11.0 Å². The summed E-state index contributed by atoms with van der Waals surface area (Å²) in [6.07, 6.45) is 0.0899. The maximum Gasteiger partial charge on any atom is 0.244 e. The highest BCUT2D eigenvalue weighted by Gasteiger charge is 2.23. The van der Waals surface area contributed by atoms with Crippen molar-refractivity contribution in [3.63, 3.8) is 0 Å². The lowest BCUT2D eigenvalue weighted by Gasteiger charge is -2.16. The number of rotatable bonds is 4. The highest BCUT2D eigenvalue weighted by Crippen LogP contribution is 2.21. The molecule has 0 aliphatic rings. The van der Waals surface area contributed by atoms with Gasteiger partial charge < -0.3 is 5.73 Å². The number of hydrogen-bond acceptors (Lipinski definition) is 5. The van der Waals surface area contributed by atoms with E-state index in [-0.39, 0.29) is 23.4 Å². The minimum atomic E-state index is -3.77. The normalized spacial score (nSPS) is 10.9. The number of sulfonamides is 1. The van der Waals surface area contributed by atoms with Gasteiger partial charge in [-0.1, -0.05) is 0 Å². The second-order valence-electron chi connectivity index (χ2n) is 3.60. The summed E-state index contributed by atoms with van der Waals surface area (Å²) in [4.78, 5) is -0.0976. The van der Waals surface area contributed by atoms with Gasteiger partial charge in [-0.05, 0) is 18.2 Å². The van der Waals surface area contributed by atoms with E-state index in [1.807, 2.05) is 6.07 Å². The van der Waals surface area contributed by atoms with E-state index in [1.54, 1.807) is 6.07 Å².